The standard InChI is InChI=1S/C22H24ClN3O5/c1-5-18(30-15-7-9-17(23)13(2)10-15)22(27)24-12-20-25-21(26-31-20)16-8-6-14(28-3)11-19(16)29-4/h6-11,18H,5,12H2,1-4H3,(H,24,27)/t18-/m0/s1. The van der Waals surface area contributed by atoms with Gasteiger partial charge in [0.15, 0.2) is 6.10 Å². The van der Waals surface area contributed by atoms with Gasteiger partial charge in [-0.05, 0) is 49.2 Å². The molecule has 0 radical (unpaired) electrons. The second-order valence-electron chi connectivity index (χ2n) is 6.72. The molecule has 164 valence electrons. The molecule has 1 amide bonds. The topological polar surface area (TPSA) is 95.7 Å². The summed E-state index contributed by atoms with van der Waals surface area (Å²) in [6.07, 6.45) is -0.171. The molecule has 0 aliphatic carbocycles. The average molecular weight is 446 g/mol. The average Bonchev–Trinajstić information content (AvgIpc) is 3.26. The molecule has 1 atom stereocenters. The van der Waals surface area contributed by atoms with E-state index in [0.717, 1.165) is 5.56 Å². The predicted octanol–water partition coefficient (Wildman–Crippen LogP) is 4.19. The highest BCUT2D eigenvalue weighted by Crippen LogP contribution is 2.31. The molecule has 2 aromatic carbocycles. The number of nitrogens with one attached hydrogen (secondary N) is 1. The summed E-state index contributed by atoms with van der Waals surface area (Å²) in [6, 6.07) is 10.6. The first-order valence-corrected chi connectivity index (χ1v) is 10.1. The lowest BCUT2D eigenvalue weighted by atomic mass is 10.2. The van der Waals surface area contributed by atoms with Crippen molar-refractivity contribution in [3.05, 3.63) is 52.9 Å². The number of amides is 1. The summed E-state index contributed by atoms with van der Waals surface area (Å²) >= 11 is 6.04. The highest BCUT2D eigenvalue weighted by Gasteiger charge is 2.20. The van der Waals surface area contributed by atoms with Gasteiger partial charge in [-0.25, -0.2) is 0 Å². The lowest BCUT2D eigenvalue weighted by molar-refractivity contribution is -0.128. The summed E-state index contributed by atoms with van der Waals surface area (Å²) in [7, 11) is 3.12. The minimum Gasteiger partial charge on any atom is -0.497 e. The van der Waals surface area contributed by atoms with Crippen molar-refractivity contribution in [2.75, 3.05) is 14.2 Å². The van der Waals surface area contributed by atoms with E-state index in [1.165, 1.54) is 0 Å². The molecule has 1 aromatic heterocycles. The van der Waals surface area contributed by atoms with Gasteiger partial charge in [0.05, 0.1) is 26.3 Å². The van der Waals surface area contributed by atoms with Crippen LogP contribution in [0.2, 0.25) is 5.02 Å². The van der Waals surface area contributed by atoms with E-state index >= 15 is 0 Å². The summed E-state index contributed by atoms with van der Waals surface area (Å²) in [5.74, 6) is 2.11. The summed E-state index contributed by atoms with van der Waals surface area (Å²) < 4.78 is 21.6. The molecule has 3 rings (SSSR count). The van der Waals surface area contributed by atoms with Crippen LogP contribution >= 0.6 is 11.6 Å². The number of methoxy groups -OCH3 is 2. The van der Waals surface area contributed by atoms with E-state index in [4.69, 9.17) is 30.3 Å². The molecule has 0 spiro atoms. The van der Waals surface area contributed by atoms with Crippen molar-refractivity contribution in [3.8, 4) is 28.6 Å². The van der Waals surface area contributed by atoms with Gasteiger partial charge in [-0.2, -0.15) is 4.98 Å². The van der Waals surface area contributed by atoms with E-state index in [2.05, 4.69) is 15.5 Å². The first-order valence-electron chi connectivity index (χ1n) is 9.70. The van der Waals surface area contributed by atoms with Gasteiger partial charge in [0, 0.05) is 11.1 Å². The van der Waals surface area contributed by atoms with Crippen molar-refractivity contribution in [2.24, 2.45) is 0 Å². The van der Waals surface area contributed by atoms with E-state index in [9.17, 15) is 4.79 Å². The molecule has 0 fully saturated rings. The second-order valence-corrected chi connectivity index (χ2v) is 7.13. The molecule has 1 heterocycles. The van der Waals surface area contributed by atoms with Crippen LogP contribution in [-0.2, 0) is 11.3 Å². The summed E-state index contributed by atoms with van der Waals surface area (Å²) in [5.41, 5.74) is 1.53. The van der Waals surface area contributed by atoms with E-state index in [0.29, 0.717) is 40.1 Å². The van der Waals surface area contributed by atoms with Crippen LogP contribution in [0.1, 0.15) is 24.8 Å². The van der Waals surface area contributed by atoms with Gasteiger partial charge in [-0.1, -0.05) is 23.7 Å². The largest absolute Gasteiger partial charge is 0.497 e. The highest BCUT2D eigenvalue weighted by molar-refractivity contribution is 6.31. The van der Waals surface area contributed by atoms with Crippen LogP contribution in [0.15, 0.2) is 40.9 Å². The lowest BCUT2D eigenvalue weighted by Gasteiger charge is -2.17. The van der Waals surface area contributed by atoms with Crippen molar-refractivity contribution < 1.29 is 23.5 Å². The third kappa shape index (κ3) is 5.46. The maximum absolute atomic E-state index is 12.6. The predicted molar refractivity (Wildman–Crippen MR) is 116 cm³/mol. The zero-order chi connectivity index (χ0) is 22.4. The first kappa shape index (κ1) is 22.4. The number of halogens is 1. The molecule has 0 aliphatic heterocycles. The Bertz CT molecular complexity index is 1050. The number of carbonyl (C=O) groups is 1. The molecule has 3 aromatic rings. The third-order valence-electron chi connectivity index (χ3n) is 4.60. The van der Waals surface area contributed by atoms with E-state index in [1.54, 1.807) is 50.6 Å². The van der Waals surface area contributed by atoms with Crippen molar-refractivity contribution >= 4 is 17.5 Å². The van der Waals surface area contributed by atoms with Crippen LogP contribution in [0.25, 0.3) is 11.4 Å². The number of rotatable bonds is 9. The smallest absolute Gasteiger partial charge is 0.261 e. The number of ether oxygens (including phenoxy) is 3. The fraction of sp³-hybridized carbons (Fsp3) is 0.318. The monoisotopic (exact) mass is 445 g/mol. The first-order chi connectivity index (χ1) is 14.9. The third-order valence-corrected chi connectivity index (χ3v) is 5.03. The van der Waals surface area contributed by atoms with Crippen LogP contribution in [0.4, 0.5) is 0 Å². The Hall–Kier alpha value is -3.26. The minimum absolute atomic E-state index is 0.0732. The number of nitrogens with zero attached hydrogens (tertiary/aromatic N) is 2. The normalized spacial score (nSPS) is 11.6. The van der Waals surface area contributed by atoms with Crippen LogP contribution < -0.4 is 19.5 Å². The number of aromatic nitrogens is 2. The van der Waals surface area contributed by atoms with E-state index in [1.807, 2.05) is 13.8 Å². The van der Waals surface area contributed by atoms with Crippen molar-refractivity contribution in [3.63, 3.8) is 0 Å². The van der Waals surface area contributed by atoms with Gasteiger partial charge >= 0.3 is 0 Å². The maximum atomic E-state index is 12.6. The molecular formula is C22H24ClN3O5. The number of hydrogen-bond donors (Lipinski definition) is 1. The Balaban J connectivity index is 1.64. The zero-order valence-corrected chi connectivity index (χ0v) is 18.5. The Morgan fingerprint density at radius 2 is 1.94 bits per heavy atom. The van der Waals surface area contributed by atoms with Gasteiger partial charge in [0.25, 0.3) is 5.91 Å². The number of hydrogen-bond acceptors (Lipinski definition) is 7. The lowest BCUT2D eigenvalue weighted by Crippen LogP contribution is -2.37. The number of benzene rings is 2. The van der Waals surface area contributed by atoms with Crippen molar-refractivity contribution in [1.29, 1.82) is 0 Å². The fourth-order valence-corrected chi connectivity index (χ4v) is 2.99. The molecule has 0 bridgehead atoms. The maximum Gasteiger partial charge on any atom is 0.261 e. The van der Waals surface area contributed by atoms with Crippen LogP contribution in [0.5, 0.6) is 17.2 Å². The second kappa shape index (κ2) is 10.2. The van der Waals surface area contributed by atoms with Gasteiger partial charge in [-0.3, -0.25) is 4.79 Å². The summed E-state index contributed by atoms with van der Waals surface area (Å²) in [4.78, 5) is 16.9. The Kier molecular flexibility index (Phi) is 7.36. The van der Waals surface area contributed by atoms with Gasteiger partial charge in [0.1, 0.15) is 17.2 Å². The number of aryl methyl sites for hydroxylation is 1. The Labute approximate surface area is 185 Å². The zero-order valence-electron chi connectivity index (χ0n) is 17.8. The molecule has 0 saturated carbocycles. The summed E-state index contributed by atoms with van der Waals surface area (Å²) in [5, 5.41) is 7.39. The molecule has 1 N–H and O–H groups in total. The SMILES string of the molecule is CC[C@H](Oc1ccc(Cl)c(C)c1)C(=O)NCc1nc(-c2ccc(OC)cc2OC)no1. The Morgan fingerprint density at radius 3 is 2.61 bits per heavy atom. The molecule has 8 nitrogen and oxygen atoms in total. The molecule has 0 saturated heterocycles. The molecule has 9 heteroatoms. The molecule has 31 heavy (non-hydrogen) atoms. The minimum atomic E-state index is -0.662. The molecule has 0 unspecified atom stereocenters. The molecular weight excluding hydrogens is 422 g/mol. The van der Waals surface area contributed by atoms with Gasteiger partial charge in [-0.15, -0.1) is 0 Å². The number of carbonyl (C=O) groups excluding carboxylic acids is 1. The van der Waals surface area contributed by atoms with E-state index < -0.39 is 6.10 Å². The molecule has 0 aliphatic rings. The van der Waals surface area contributed by atoms with Gasteiger partial charge in [0.2, 0.25) is 11.7 Å². The van der Waals surface area contributed by atoms with E-state index in [-0.39, 0.29) is 18.3 Å². The van der Waals surface area contributed by atoms with Crippen LogP contribution in [0.3, 0.4) is 0 Å². The summed E-state index contributed by atoms with van der Waals surface area (Å²) in [6.45, 7) is 3.82. The fourth-order valence-electron chi connectivity index (χ4n) is 2.87. The highest BCUT2D eigenvalue weighted by atomic mass is 35.5. The van der Waals surface area contributed by atoms with Crippen LogP contribution in [-0.4, -0.2) is 36.4 Å². The van der Waals surface area contributed by atoms with Crippen molar-refractivity contribution in [2.45, 2.75) is 32.9 Å². The Morgan fingerprint density at radius 1 is 1.16 bits per heavy atom. The van der Waals surface area contributed by atoms with Crippen LogP contribution in [0, 0.1) is 6.92 Å². The van der Waals surface area contributed by atoms with Crippen molar-refractivity contribution in [1.82, 2.24) is 15.5 Å². The van der Waals surface area contributed by atoms with Gasteiger partial charge < -0.3 is 24.1 Å². The quantitative estimate of drug-likeness (QED) is 0.527.